The predicted octanol–water partition coefficient (Wildman–Crippen LogP) is 3.36. The molecule has 5 nitrogen and oxygen atoms in total. The zero-order valence-electron chi connectivity index (χ0n) is 11.9. The molecule has 0 aliphatic rings. The summed E-state index contributed by atoms with van der Waals surface area (Å²) in [6.07, 6.45) is 0. The highest BCUT2D eigenvalue weighted by molar-refractivity contribution is 6.42. The van der Waals surface area contributed by atoms with Crippen LogP contribution in [-0.2, 0) is 11.8 Å². The van der Waals surface area contributed by atoms with E-state index in [9.17, 15) is 4.79 Å². The standard InChI is InChI=1S/C14H15Cl2N3O2/c1-8-14(9(2)19(3)18-8)17-13(20)7-21-10-4-5-11(15)12(16)6-10/h4-6H,7H2,1-3H3,(H,17,20). The number of carbonyl (C=O) groups excluding carboxylic acids is 1. The van der Waals surface area contributed by atoms with Gasteiger partial charge in [-0.2, -0.15) is 5.10 Å². The second-order valence-corrected chi connectivity index (χ2v) is 5.40. The maximum atomic E-state index is 11.9. The molecule has 0 aliphatic carbocycles. The Morgan fingerprint density at radius 2 is 2.05 bits per heavy atom. The minimum absolute atomic E-state index is 0.119. The largest absolute Gasteiger partial charge is 0.484 e. The van der Waals surface area contributed by atoms with E-state index in [1.807, 2.05) is 20.9 Å². The van der Waals surface area contributed by atoms with Gasteiger partial charge in [-0.15, -0.1) is 0 Å². The molecule has 1 amide bonds. The molecule has 112 valence electrons. The van der Waals surface area contributed by atoms with Crippen molar-refractivity contribution >= 4 is 34.8 Å². The lowest BCUT2D eigenvalue weighted by Gasteiger charge is -2.08. The first-order chi connectivity index (χ1) is 9.88. The van der Waals surface area contributed by atoms with E-state index in [2.05, 4.69) is 10.4 Å². The molecule has 0 saturated carbocycles. The Bertz CT molecular complexity index is 683. The zero-order valence-corrected chi connectivity index (χ0v) is 13.4. The first-order valence-electron chi connectivity index (χ1n) is 6.26. The minimum atomic E-state index is -0.264. The van der Waals surface area contributed by atoms with Crippen molar-refractivity contribution in [3.63, 3.8) is 0 Å². The van der Waals surface area contributed by atoms with Gasteiger partial charge in [-0.3, -0.25) is 9.48 Å². The molecule has 0 aliphatic heterocycles. The Balaban J connectivity index is 1.97. The van der Waals surface area contributed by atoms with Crippen LogP contribution in [0.25, 0.3) is 0 Å². The SMILES string of the molecule is Cc1nn(C)c(C)c1NC(=O)COc1ccc(Cl)c(Cl)c1. The molecule has 7 heteroatoms. The third kappa shape index (κ3) is 3.68. The number of rotatable bonds is 4. The predicted molar refractivity (Wildman–Crippen MR) is 83.3 cm³/mol. The maximum Gasteiger partial charge on any atom is 0.262 e. The normalized spacial score (nSPS) is 10.5. The van der Waals surface area contributed by atoms with Crippen LogP contribution in [0.15, 0.2) is 18.2 Å². The average molecular weight is 328 g/mol. The molecular formula is C14H15Cl2N3O2. The molecule has 1 aromatic carbocycles. The third-order valence-electron chi connectivity index (χ3n) is 3.03. The van der Waals surface area contributed by atoms with E-state index in [0.717, 1.165) is 11.4 Å². The molecule has 0 unspecified atom stereocenters. The number of hydrogen-bond acceptors (Lipinski definition) is 3. The summed E-state index contributed by atoms with van der Waals surface area (Å²) in [5, 5.41) is 7.84. The molecule has 0 radical (unpaired) electrons. The Morgan fingerprint density at radius 1 is 1.33 bits per heavy atom. The van der Waals surface area contributed by atoms with Gasteiger partial charge in [-0.1, -0.05) is 23.2 Å². The molecule has 2 rings (SSSR count). The van der Waals surface area contributed by atoms with Crippen molar-refractivity contribution in [2.24, 2.45) is 7.05 Å². The number of carbonyl (C=O) groups is 1. The van der Waals surface area contributed by atoms with Crippen molar-refractivity contribution in [2.75, 3.05) is 11.9 Å². The van der Waals surface area contributed by atoms with Gasteiger partial charge in [0.2, 0.25) is 0 Å². The van der Waals surface area contributed by atoms with E-state index in [1.165, 1.54) is 0 Å². The molecule has 21 heavy (non-hydrogen) atoms. The first-order valence-corrected chi connectivity index (χ1v) is 7.02. The van der Waals surface area contributed by atoms with Crippen LogP contribution < -0.4 is 10.1 Å². The lowest BCUT2D eigenvalue weighted by molar-refractivity contribution is -0.118. The number of ether oxygens (including phenoxy) is 1. The van der Waals surface area contributed by atoms with Crippen LogP contribution in [0.1, 0.15) is 11.4 Å². The van der Waals surface area contributed by atoms with Gasteiger partial charge in [0.25, 0.3) is 5.91 Å². The van der Waals surface area contributed by atoms with Crippen LogP contribution >= 0.6 is 23.2 Å². The fourth-order valence-electron chi connectivity index (χ4n) is 1.85. The number of aromatic nitrogens is 2. The molecule has 1 N–H and O–H groups in total. The topological polar surface area (TPSA) is 56.2 Å². The van der Waals surface area contributed by atoms with Crippen molar-refractivity contribution in [1.82, 2.24) is 9.78 Å². The minimum Gasteiger partial charge on any atom is -0.484 e. The van der Waals surface area contributed by atoms with E-state index < -0.39 is 0 Å². The number of nitrogens with one attached hydrogen (secondary N) is 1. The summed E-state index contributed by atoms with van der Waals surface area (Å²) in [5.74, 6) is 0.222. The van der Waals surface area contributed by atoms with Gasteiger partial charge in [0.05, 0.1) is 27.1 Å². The number of anilines is 1. The van der Waals surface area contributed by atoms with E-state index in [1.54, 1.807) is 22.9 Å². The van der Waals surface area contributed by atoms with Crippen molar-refractivity contribution < 1.29 is 9.53 Å². The lowest BCUT2D eigenvalue weighted by atomic mass is 10.3. The quantitative estimate of drug-likeness (QED) is 0.936. The second-order valence-electron chi connectivity index (χ2n) is 4.58. The van der Waals surface area contributed by atoms with E-state index in [-0.39, 0.29) is 12.5 Å². The van der Waals surface area contributed by atoms with Gasteiger partial charge in [0, 0.05) is 13.1 Å². The highest BCUT2D eigenvalue weighted by atomic mass is 35.5. The van der Waals surface area contributed by atoms with E-state index in [4.69, 9.17) is 27.9 Å². The number of halogens is 2. The fourth-order valence-corrected chi connectivity index (χ4v) is 2.13. The molecule has 0 spiro atoms. The summed E-state index contributed by atoms with van der Waals surface area (Å²) in [5.41, 5.74) is 2.36. The molecular weight excluding hydrogens is 313 g/mol. The van der Waals surface area contributed by atoms with Crippen LogP contribution in [0.3, 0.4) is 0 Å². The summed E-state index contributed by atoms with van der Waals surface area (Å²) < 4.78 is 7.09. The molecule has 0 saturated heterocycles. The number of nitrogens with zero attached hydrogens (tertiary/aromatic N) is 2. The van der Waals surface area contributed by atoms with Crippen LogP contribution in [0.4, 0.5) is 5.69 Å². The van der Waals surface area contributed by atoms with E-state index >= 15 is 0 Å². The fraction of sp³-hybridized carbons (Fsp3) is 0.286. The average Bonchev–Trinajstić information content (AvgIpc) is 2.67. The number of aryl methyl sites for hydroxylation is 2. The molecule has 0 atom stereocenters. The van der Waals surface area contributed by atoms with E-state index in [0.29, 0.717) is 21.5 Å². The Labute approximate surface area is 132 Å². The summed E-state index contributed by atoms with van der Waals surface area (Å²) in [6, 6.07) is 4.84. The first kappa shape index (κ1) is 15.7. The van der Waals surface area contributed by atoms with Crippen LogP contribution in [0.2, 0.25) is 10.0 Å². The Morgan fingerprint density at radius 3 is 2.62 bits per heavy atom. The lowest BCUT2D eigenvalue weighted by Crippen LogP contribution is -2.20. The molecule has 0 fully saturated rings. The number of hydrogen-bond donors (Lipinski definition) is 1. The number of amides is 1. The highest BCUT2D eigenvalue weighted by Gasteiger charge is 2.13. The van der Waals surface area contributed by atoms with Gasteiger partial charge in [-0.05, 0) is 26.0 Å². The van der Waals surface area contributed by atoms with Crippen molar-refractivity contribution in [2.45, 2.75) is 13.8 Å². The smallest absolute Gasteiger partial charge is 0.262 e. The maximum absolute atomic E-state index is 11.9. The van der Waals surface area contributed by atoms with Crippen molar-refractivity contribution in [3.8, 4) is 5.75 Å². The highest BCUT2D eigenvalue weighted by Crippen LogP contribution is 2.26. The molecule has 2 aromatic rings. The zero-order chi connectivity index (χ0) is 15.6. The summed E-state index contributed by atoms with van der Waals surface area (Å²) in [7, 11) is 1.82. The van der Waals surface area contributed by atoms with Gasteiger partial charge in [0.1, 0.15) is 5.75 Å². The van der Waals surface area contributed by atoms with Gasteiger partial charge >= 0.3 is 0 Å². The Hall–Kier alpha value is -1.72. The van der Waals surface area contributed by atoms with Gasteiger partial charge < -0.3 is 10.1 Å². The van der Waals surface area contributed by atoms with Crippen molar-refractivity contribution in [3.05, 3.63) is 39.6 Å². The molecule has 0 bridgehead atoms. The Kier molecular flexibility index (Phi) is 4.75. The van der Waals surface area contributed by atoms with Gasteiger partial charge in [0.15, 0.2) is 6.61 Å². The third-order valence-corrected chi connectivity index (χ3v) is 3.77. The summed E-state index contributed by atoms with van der Waals surface area (Å²) in [6.45, 7) is 3.60. The molecule has 1 aromatic heterocycles. The van der Waals surface area contributed by atoms with Crippen molar-refractivity contribution in [1.29, 1.82) is 0 Å². The van der Waals surface area contributed by atoms with Crippen LogP contribution in [0, 0.1) is 13.8 Å². The van der Waals surface area contributed by atoms with Crippen LogP contribution in [0.5, 0.6) is 5.75 Å². The monoisotopic (exact) mass is 327 g/mol. The molecule has 1 heterocycles. The summed E-state index contributed by atoms with van der Waals surface area (Å²) in [4.78, 5) is 11.9. The van der Waals surface area contributed by atoms with Gasteiger partial charge in [-0.25, -0.2) is 0 Å². The summed E-state index contributed by atoms with van der Waals surface area (Å²) >= 11 is 11.7. The van der Waals surface area contributed by atoms with Crippen LogP contribution in [-0.4, -0.2) is 22.3 Å². The number of benzene rings is 1. The second kappa shape index (κ2) is 6.37.